The normalized spacial score (nSPS) is 29.9. The molecule has 0 spiro atoms. The van der Waals surface area contributed by atoms with Crippen LogP contribution in [-0.4, -0.2) is 37.2 Å². The van der Waals surface area contributed by atoms with Crippen LogP contribution in [0.2, 0.25) is 0 Å². The lowest BCUT2D eigenvalue weighted by molar-refractivity contribution is 0.312. The van der Waals surface area contributed by atoms with Gasteiger partial charge in [0.1, 0.15) is 5.75 Å². The van der Waals surface area contributed by atoms with E-state index in [1.165, 1.54) is 43.6 Å². The van der Waals surface area contributed by atoms with Gasteiger partial charge in [-0.15, -0.1) is 0 Å². The summed E-state index contributed by atoms with van der Waals surface area (Å²) in [7, 11) is 0. The number of rotatable bonds is 2. The van der Waals surface area contributed by atoms with Gasteiger partial charge in [0, 0.05) is 32.1 Å². The molecule has 102 valence electrons. The molecule has 19 heavy (non-hydrogen) atoms. The largest absolute Gasteiger partial charge is 0.493 e. The first-order chi connectivity index (χ1) is 9.38. The molecule has 3 heteroatoms. The van der Waals surface area contributed by atoms with Gasteiger partial charge in [-0.3, -0.25) is 4.90 Å². The van der Waals surface area contributed by atoms with Crippen LogP contribution in [0.15, 0.2) is 18.2 Å². The van der Waals surface area contributed by atoms with Crippen LogP contribution in [0.4, 0.5) is 0 Å². The van der Waals surface area contributed by atoms with Gasteiger partial charge in [-0.2, -0.15) is 0 Å². The predicted octanol–water partition coefficient (Wildman–Crippen LogP) is 1.81. The third-order valence-corrected chi connectivity index (χ3v) is 4.83. The molecule has 0 radical (unpaired) electrons. The molecule has 0 aliphatic carbocycles. The fourth-order valence-electron chi connectivity index (χ4n) is 3.86. The highest BCUT2D eigenvalue weighted by atomic mass is 16.5. The first-order valence-corrected chi connectivity index (χ1v) is 7.59. The molecule has 3 aliphatic rings. The number of piperidine rings is 1. The van der Waals surface area contributed by atoms with Crippen molar-refractivity contribution in [2.75, 3.05) is 26.2 Å². The van der Waals surface area contributed by atoms with Gasteiger partial charge in [0.25, 0.3) is 0 Å². The maximum atomic E-state index is 5.58. The van der Waals surface area contributed by atoms with E-state index in [0.717, 1.165) is 37.3 Å². The smallest absolute Gasteiger partial charge is 0.122 e. The third-order valence-electron chi connectivity index (χ3n) is 4.83. The second kappa shape index (κ2) is 4.80. The molecule has 1 aromatic rings. The highest BCUT2D eigenvalue weighted by Gasteiger charge is 2.33. The molecule has 0 unspecified atom stereocenters. The average molecular weight is 258 g/mol. The minimum atomic E-state index is 0.742. The fourth-order valence-corrected chi connectivity index (χ4v) is 3.86. The highest BCUT2D eigenvalue weighted by molar-refractivity contribution is 5.39. The Kier molecular flexibility index (Phi) is 2.97. The summed E-state index contributed by atoms with van der Waals surface area (Å²) in [6, 6.07) is 7.47. The lowest BCUT2D eigenvalue weighted by Gasteiger charge is -2.24. The number of hydrogen-bond acceptors (Lipinski definition) is 3. The summed E-state index contributed by atoms with van der Waals surface area (Å²) in [5.74, 6) is 1.98. The molecule has 3 nitrogen and oxygen atoms in total. The van der Waals surface area contributed by atoms with Crippen molar-refractivity contribution in [1.82, 2.24) is 10.2 Å². The van der Waals surface area contributed by atoms with Gasteiger partial charge in [0.05, 0.1) is 6.61 Å². The van der Waals surface area contributed by atoms with Gasteiger partial charge in [0.15, 0.2) is 0 Å². The van der Waals surface area contributed by atoms with Crippen molar-refractivity contribution in [2.24, 2.45) is 5.92 Å². The zero-order valence-corrected chi connectivity index (χ0v) is 11.4. The second-order valence-electron chi connectivity index (χ2n) is 6.20. The van der Waals surface area contributed by atoms with Gasteiger partial charge in [-0.1, -0.05) is 12.1 Å². The van der Waals surface area contributed by atoms with Crippen molar-refractivity contribution in [3.8, 4) is 5.75 Å². The summed E-state index contributed by atoms with van der Waals surface area (Å²) < 4.78 is 5.58. The Balaban J connectivity index is 1.44. The minimum absolute atomic E-state index is 0.742. The van der Waals surface area contributed by atoms with E-state index in [-0.39, 0.29) is 0 Å². The Bertz CT molecular complexity index is 460. The van der Waals surface area contributed by atoms with E-state index in [0.29, 0.717) is 0 Å². The lowest BCUT2D eigenvalue weighted by atomic mass is 9.94. The Labute approximate surface area is 114 Å². The summed E-state index contributed by atoms with van der Waals surface area (Å²) in [6.07, 6.45) is 3.84. The van der Waals surface area contributed by atoms with Crippen LogP contribution >= 0.6 is 0 Å². The van der Waals surface area contributed by atoms with Crippen LogP contribution in [0, 0.1) is 5.92 Å². The summed E-state index contributed by atoms with van der Waals surface area (Å²) in [5, 5.41) is 3.68. The fraction of sp³-hybridized carbons (Fsp3) is 0.625. The van der Waals surface area contributed by atoms with Crippen molar-refractivity contribution in [3.63, 3.8) is 0 Å². The van der Waals surface area contributed by atoms with Gasteiger partial charge in [-0.25, -0.2) is 0 Å². The van der Waals surface area contributed by atoms with Crippen LogP contribution in [0.3, 0.4) is 0 Å². The average Bonchev–Trinajstić information content (AvgIpc) is 3.03. The highest BCUT2D eigenvalue weighted by Crippen LogP contribution is 2.29. The van der Waals surface area contributed by atoms with E-state index in [4.69, 9.17) is 4.74 Å². The van der Waals surface area contributed by atoms with E-state index in [9.17, 15) is 0 Å². The molecule has 0 aromatic heterocycles. The first-order valence-electron chi connectivity index (χ1n) is 7.59. The molecule has 0 saturated carbocycles. The molecular weight excluding hydrogens is 236 g/mol. The Morgan fingerprint density at radius 2 is 2.32 bits per heavy atom. The maximum Gasteiger partial charge on any atom is 0.122 e. The zero-order chi connectivity index (χ0) is 12.7. The van der Waals surface area contributed by atoms with E-state index in [1.807, 2.05) is 0 Å². The quantitative estimate of drug-likeness (QED) is 0.875. The number of fused-ring (bicyclic) bond motifs is 2. The molecule has 2 fully saturated rings. The number of likely N-dealkylation sites (tertiary alicyclic amines) is 1. The van der Waals surface area contributed by atoms with Gasteiger partial charge >= 0.3 is 0 Å². The number of ether oxygens (including phenoxy) is 1. The second-order valence-corrected chi connectivity index (χ2v) is 6.20. The molecule has 0 amide bonds. The topological polar surface area (TPSA) is 24.5 Å². The predicted molar refractivity (Wildman–Crippen MR) is 75.4 cm³/mol. The van der Waals surface area contributed by atoms with E-state index in [1.54, 1.807) is 0 Å². The van der Waals surface area contributed by atoms with E-state index < -0.39 is 0 Å². The lowest BCUT2D eigenvalue weighted by Crippen LogP contribution is -2.40. The number of benzene rings is 1. The zero-order valence-electron chi connectivity index (χ0n) is 11.4. The standard InChI is InChI=1S/C16H22N2O/c1-2-14-10-18(11-15(14)17-6-1)9-12-3-4-16-13(8-12)5-7-19-16/h3-4,8,14-15,17H,1-2,5-7,9-11H2/t14-,15+/m0/s1. The van der Waals surface area contributed by atoms with Crippen LogP contribution in [0.25, 0.3) is 0 Å². The van der Waals surface area contributed by atoms with Crippen molar-refractivity contribution in [2.45, 2.75) is 31.8 Å². The maximum absolute atomic E-state index is 5.58. The molecule has 3 aliphatic heterocycles. The van der Waals surface area contributed by atoms with Crippen molar-refractivity contribution < 1.29 is 4.74 Å². The number of nitrogens with one attached hydrogen (secondary N) is 1. The Hall–Kier alpha value is -1.06. The van der Waals surface area contributed by atoms with Crippen LogP contribution in [0.1, 0.15) is 24.0 Å². The molecule has 3 heterocycles. The van der Waals surface area contributed by atoms with Gasteiger partial charge in [-0.05, 0) is 42.5 Å². The summed E-state index contributed by atoms with van der Waals surface area (Å²) in [6.45, 7) is 5.66. The van der Waals surface area contributed by atoms with E-state index in [2.05, 4.69) is 28.4 Å². The Morgan fingerprint density at radius 1 is 1.32 bits per heavy atom. The summed E-state index contributed by atoms with van der Waals surface area (Å²) in [5.41, 5.74) is 2.84. The third kappa shape index (κ3) is 2.26. The molecule has 0 bridgehead atoms. The van der Waals surface area contributed by atoms with Crippen molar-refractivity contribution >= 4 is 0 Å². The molecule has 4 rings (SSSR count). The van der Waals surface area contributed by atoms with Crippen LogP contribution in [-0.2, 0) is 13.0 Å². The SMILES string of the molecule is c1cc2c(cc1CN1C[C@@H]3CCCN[C@@H]3C1)CCO2. The van der Waals surface area contributed by atoms with Crippen LogP contribution < -0.4 is 10.1 Å². The monoisotopic (exact) mass is 258 g/mol. The molecule has 2 saturated heterocycles. The molecule has 2 atom stereocenters. The summed E-state index contributed by atoms with van der Waals surface area (Å²) in [4.78, 5) is 2.62. The van der Waals surface area contributed by atoms with E-state index >= 15 is 0 Å². The molecule has 1 aromatic carbocycles. The van der Waals surface area contributed by atoms with Gasteiger partial charge < -0.3 is 10.1 Å². The minimum Gasteiger partial charge on any atom is -0.493 e. The Morgan fingerprint density at radius 3 is 3.26 bits per heavy atom. The van der Waals surface area contributed by atoms with Crippen molar-refractivity contribution in [1.29, 1.82) is 0 Å². The summed E-state index contributed by atoms with van der Waals surface area (Å²) >= 11 is 0. The molecule has 1 N–H and O–H groups in total. The number of hydrogen-bond donors (Lipinski definition) is 1. The molecular formula is C16H22N2O. The first kappa shape index (κ1) is 11.7. The van der Waals surface area contributed by atoms with Crippen LogP contribution in [0.5, 0.6) is 5.75 Å². The van der Waals surface area contributed by atoms with Crippen molar-refractivity contribution in [3.05, 3.63) is 29.3 Å². The number of nitrogens with zero attached hydrogens (tertiary/aromatic N) is 1. The van der Waals surface area contributed by atoms with Gasteiger partial charge in [0.2, 0.25) is 0 Å².